The van der Waals surface area contributed by atoms with E-state index in [1.165, 1.54) is 16.4 Å². The molecule has 0 spiro atoms. The maximum atomic E-state index is 13.0. The van der Waals surface area contributed by atoms with Crippen molar-refractivity contribution in [3.63, 3.8) is 0 Å². The van der Waals surface area contributed by atoms with Gasteiger partial charge in [0.15, 0.2) is 0 Å². The number of ether oxygens (including phenoxy) is 1. The first-order valence-electron chi connectivity index (χ1n) is 11.0. The van der Waals surface area contributed by atoms with Crippen molar-refractivity contribution in [1.29, 1.82) is 0 Å². The maximum Gasteiger partial charge on any atom is 0.243 e. The summed E-state index contributed by atoms with van der Waals surface area (Å²) in [6.07, 6.45) is 1.70. The standard InChI is InChI=1S/C22H35N3O5S/c1-6-21(26)24-13-9-10-17(15-24)22(27)23-19-14-18(11-12-20(19)30-16(4)5)31(28,29)25(7-2)8-3/h11-12,14,16-17H,6-10,13,15H2,1-5H3,(H,23,27). The minimum atomic E-state index is -3.68. The molecule has 0 bridgehead atoms. The van der Waals surface area contributed by atoms with Crippen molar-refractivity contribution in [3.8, 4) is 5.75 Å². The van der Waals surface area contributed by atoms with Crippen LogP contribution >= 0.6 is 0 Å². The number of anilines is 1. The largest absolute Gasteiger partial charge is 0.489 e. The Hall–Kier alpha value is -2.13. The smallest absolute Gasteiger partial charge is 0.243 e. The van der Waals surface area contributed by atoms with E-state index in [1.807, 2.05) is 20.8 Å². The molecule has 1 atom stereocenters. The van der Waals surface area contributed by atoms with Crippen LogP contribution in [0, 0.1) is 5.92 Å². The number of amides is 2. The fourth-order valence-electron chi connectivity index (χ4n) is 3.71. The summed E-state index contributed by atoms with van der Waals surface area (Å²) in [5, 5.41) is 2.87. The lowest BCUT2D eigenvalue weighted by atomic mass is 9.96. The van der Waals surface area contributed by atoms with Crippen LogP contribution in [0.15, 0.2) is 23.1 Å². The van der Waals surface area contributed by atoms with Crippen LogP contribution in [0.3, 0.4) is 0 Å². The van der Waals surface area contributed by atoms with Crippen molar-refractivity contribution in [2.45, 2.75) is 64.9 Å². The Morgan fingerprint density at radius 1 is 1.23 bits per heavy atom. The zero-order valence-corrected chi connectivity index (χ0v) is 20.0. The van der Waals surface area contributed by atoms with Crippen LogP contribution in [0.1, 0.15) is 53.9 Å². The van der Waals surface area contributed by atoms with Crippen molar-refractivity contribution < 1.29 is 22.7 Å². The second-order valence-corrected chi connectivity index (χ2v) is 9.87. The molecule has 1 aliphatic heterocycles. The molecule has 1 aromatic carbocycles. The van der Waals surface area contributed by atoms with Crippen LogP contribution in [-0.4, -0.2) is 61.7 Å². The predicted molar refractivity (Wildman–Crippen MR) is 121 cm³/mol. The van der Waals surface area contributed by atoms with E-state index < -0.39 is 10.0 Å². The SMILES string of the molecule is CCC(=O)N1CCCC(C(=O)Nc2cc(S(=O)(=O)N(CC)CC)ccc2OC(C)C)C1. The number of sulfonamides is 1. The van der Waals surface area contributed by atoms with Gasteiger partial charge >= 0.3 is 0 Å². The molecule has 8 nitrogen and oxygen atoms in total. The van der Waals surface area contributed by atoms with Crippen LogP contribution in [0.4, 0.5) is 5.69 Å². The number of benzene rings is 1. The van der Waals surface area contributed by atoms with Gasteiger partial charge in [-0.05, 0) is 44.9 Å². The Bertz CT molecular complexity index is 881. The lowest BCUT2D eigenvalue weighted by Gasteiger charge is -2.32. The number of likely N-dealkylation sites (tertiary alicyclic amines) is 1. The zero-order chi connectivity index (χ0) is 23.2. The van der Waals surface area contributed by atoms with E-state index in [0.717, 1.165) is 6.42 Å². The molecule has 1 saturated heterocycles. The second-order valence-electron chi connectivity index (χ2n) is 7.94. The van der Waals surface area contributed by atoms with Gasteiger partial charge in [0.1, 0.15) is 5.75 Å². The molecule has 1 aromatic rings. The van der Waals surface area contributed by atoms with Crippen LogP contribution in [0.5, 0.6) is 5.75 Å². The molecule has 1 N–H and O–H groups in total. The van der Waals surface area contributed by atoms with Crippen molar-refractivity contribution >= 4 is 27.5 Å². The third-order valence-corrected chi connectivity index (χ3v) is 7.41. The van der Waals surface area contributed by atoms with Gasteiger partial charge in [-0.2, -0.15) is 4.31 Å². The van der Waals surface area contributed by atoms with Gasteiger partial charge in [0, 0.05) is 32.6 Å². The normalized spacial score (nSPS) is 17.1. The fourth-order valence-corrected chi connectivity index (χ4v) is 5.20. The summed E-state index contributed by atoms with van der Waals surface area (Å²) < 4.78 is 33.1. The topological polar surface area (TPSA) is 96.0 Å². The highest BCUT2D eigenvalue weighted by molar-refractivity contribution is 7.89. The Morgan fingerprint density at radius 3 is 2.48 bits per heavy atom. The quantitative estimate of drug-likeness (QED) is 0.620. The Kier molecular flexibility index (Phi) is 8.88. The molecule has 31 heavy (non-hydrogen) atoms. The van der Waals surface area contributed by atoms with E-state index in [4.69, 9.17) is 4.74 Å². The van der Waals surface area contributed by atoms with Crippen LogP contribution in [0.2, 0.25) is 0 Å². The fraction of sp³-hybridized carbons (Fsp3) is 0.636. The average molecular weight is 454 g/mol. The second kappa shape index (κ2) is 10.9. The van der Waals surface area contributed by atoms with Gasteiger partial charge in [0.2, 0.25) is 21.8 Å². The third kappa shape index (κ3) is 6.20. The summed E-state index contributed by atoms with van der Waals surface area (Å²) in [7, 11) is -3.68. The number of carbonyl (C=O) groups is 2. The molecule has 2 rings (SSSR count). The molecule has 1 unspecified atom stereocenters. The molecule has 0 aromatic heterocycles. The molecule has 0 radical (unpaired) electrons. The lowest BCUT2D eigenvalue weighted by molar-refractivity contribution is -0.134. The first-order chi connectivity index (χ1) is 14.6. The molecule has 9 heteroatoms. The highest BCUT2D eigenvalue weighted by Gasteiger charge is 2.29. The first-order valence-corrected chi connectivity index (χ1v) is 12.5. The summed E-state index contributed by atoms with van der Waals surface area (Å²) in [4.78, 5) is 26.9. The summed E-state index contributed by atoms with van der Waals surface area (Å²) in [5.74, 6) is -0.133. The molecule has 1 fully saturated rings. The van der Waals surface area contributed by atoms with Crippen LogP contribution in [-0.2, 0) is 19.6 Å². The molecule has 1 heterocycles. The van der Waals surface area contributed by atoms with Crippen LogP contribution < -0.4 is 10.1 Å². The van der Waals surface area contributed by atoms with Crippen LogP contribution in [0.25, 0.3) is 0 Å². The molecular weight excluding hydrogens is 418 g/mol. The third-order valence-electron chi connectivity index (χ3n) is 5.36. The van der Waals surface area contributed by atoms with Crippen molar-refractivity contribution in [3.05, 3.63) is 18.2 Å². The molecule has 0 aliphatic carbocycles. The predicted octanol–water partition coefficient (Wildman–Crippen LogP) is 3.09. The number of rotatable bonds is 9. The number of nitrogens with one attached hydrogen (secondary N) is 1. The highest BCUT2D eigenvalue weighted by atomic mass is 32.2. The minimum Gasteiger partial charge on any atom is -0.489 e. The summed E-state index contributed by atoms with van der Waals surface area (Å²) in [6, 6.07) is 4.55. The van der Waals surface area contributed by atoms with Gasteiger partial charge in [-0.1, -0.05) is 20.8 Å². The van der Waals surface area contributed by atoms with E-state index in [9.17, 15) is 18.0 Å². The summed E-state index contributed by atoms with van der Waals surface area (Å²) >= 11 is 0. The van der Waals surface area contributed by atoms with E-state index >= 15 is 0 Å². The molecule has 174 valence electrons. The molecule has 2 amide bonds. The molecule has 0 saturated carbocycles. The number of hydrogen-bond acceptors (Lipinski definition) is 5. The van der Waals surface area contributed by atoms with Gasteiger partial charge in [0.05, 0.1) is 22.6 Å². The average Bonchev–Trinajstić information content (AvgIpc) is 2.74. The molecular formula is C22H35N3O5S. The van der Waals surface area contributed by atoms with Crippen molar-refractivity contribution in [1.82, 2.24) is 9.21 Å². The number of hydrogen-bond donors (Lipinski definition) is 1. The Labute approximate surface area is 186 Å². The molecule has 1 aliphatic rings. The van der Waals surface area contributed by atoms with E-state index in [-0.39, 0.29) is 28.7 Å². The number of piperidine rings is 1. The minimum absolute atomic E-state index is 0.0358. The zero-order valence-electron chi connectivity index (χ0n) is 19.2. The van der Waals surface area contributed by atoms with Gasteiger partial charge in [-0.3, -0.25) is 9.59 Å². The van der Waals surface area contributed by atoms with E-state index in [1.54, 1.807) is 24.8 Å². The van der Waals surface area contributed by atoms with E-state index in [2.05, 4.69) is 5.32 Å². The van der Waals surface area contributed by atoms with Gasteiger partial charge < -0.3 is 15.0 Å². The van der Waals surface area contributed by atoms with Gasteiger partial charge in [-0.15, -0.1) is 0 Å². The van der Waals surface area contributed by atoms with Crippen molar-refractivity contribution in [2.75, 3.05) is 31.5 Å². The van der Waals surface area contributed by atoms with Crippen molar-refractivity contribution in [2.24, 2.45) is 5.92 Å². The first kappa shape index (κ1) is 25.1. The number of nitrogens with zero attached hydrogens (tertiary/aromatic N) is 2. The number of carbonyl (C=O) groups excluding carboxylic acids is 2. The Balaban J connectivity index is 2.32. The monoisotopic (exact) mass is 453 g/mol. The van der Waals surface area contributed by atoms with Gasteiger partial charge in [-0.25, -0.2) is 8.42 Å². The highest BCUT2D eigenvalue weighted by Crippen LogP contribution is 2.31. The maximum absolute atomic E-state index is 13.0. The summed E-state index contributed by atoms with van der Waals surface area (Å²) in [5.41, 5.74) is 0.325. The lowest BCUT2D eigenvalue weighted by Crippen LogP contribution is -2.43. The summed E-state index contributed by atoms with van der Waals surface area (Å²) in [6.45, 7) is 10.8. The van der Waals surface area contributed by atoms with Gasteiger partial charge in [0.25, 0.3) is 0 Å². The van der Waals surface area contributed by atoms with E-state index in [0.29, 0.717) is 50.5 Å². The Morgan fingerprint density at radius 2 is 1.90 bits per heavy atom.